The molecule has 3 aromatic rings. The summed E-state index contributed by atoms with van der Waals surface area (Å²) in [5, 5.41) is 17.0. The van der Waals surface area contributed by atoms with E-state index in [1.54, 1.807) is 30.3 Å². The van der Waals surface area contributed by atoms with Crippen molar-refractivity contribution in [1.29, 1.82) is 0 Å². The number of hydrogen-bond acceptors (Lipinski definition) is 10. The molecular formula is C25H26N6O5S. The van der Waals surface area contributed by atoms with Gasteiger partial charge in [0, 0.05) is 42.5 Å². The Bertz CT molecular complexity index is 1370. The number of rotatable bonds is 6. The van der Waals surface area contributed by atoms with Gasteiger partial charge in [-0.2, -0.15) is 0 Å². The molecule has 2 saturated heterocycles. The molecule has 37 heavy (non-hydrogen) atoms. The number of pyridine rings is 2. The summed E-state index contributed by atoms with van der Waals surface area (Å²) in [4.78, 5) is 37.9. The minimum atomic E-state index is -0.608. The quantitative estimate of drug-likeness (QED) is 0.441. The van der Waals surface area contributed by atoms with Gasteiger partial charge in [0.15, 0.2) is 0 Å². The standard InChI is InChI=1S/C25H26N6O5S/c1-35-23-5-3-16-24(29-23)19(6-7-26-16)30-11-18(20(32)12-30)27-9-15-10-31(25(34)36-15)14-2-4-21-17(8-14)28-22(33)13-37-21/h2-8,15,18,20,27,32H,9-13H2,1H3,(H,28,33)/t15?,18-,20-/m0/s1. The van der Waals surface area contributed by atoms with Crippen LogP contribution in [0, 0.1) is 0 Å². The fourth-order valence-electron chi connectivity index (χ4n) is 4.91. The lowest BCUT2D eigenvalue weighted by molar-refractivity contribution is -0.113. The highest BCUT2D eigenvalue weighted by Gasteiger charge is 2.36. The van der Waals surface area contributed by atoms with Crippen molar-refractivity contribution in [2.45, 2.75) is 23.1 Å². The second-order valence-corrected chi connectivity index (χ2v) is 10.2. The Morgan fingerprint density at radius 3 is 2.97 bits per heavy atom. The molecule has 1 unspecified atom stereocenters. The van der Waals surface area contributed by atoms with Crippen LogP contribution in [0.3, 0.4) is 0 Å². The average Bonchev–Trinajstić information content (AvgIpc) is 3.47. The Morgan fingerprint density at radius 1 is 1.22 bits per heavy atom. The van der Waals surface area contributed by atoms with Crippen LogP contribution in [0.1, 0.15) is 0 Å². The lowest BCUT2D eigenvalue weighted by atomic mass is 10.2. The molecule has 3 aliphatic rings. The summed E-state index contributed by atoms with van der Waals surface area (Å²) < 4.78 is 10.9. The first-order valence-corrected chi connectivity index (χ1v) is 13.0. The molecule has 0 aliphatic carbocycles. The van der Waals surface area contributed by atoms with Crippen LogP contribution >= 0.6 is 11.8 Å². The van der Waals surface area contributed by atoms with E-state index in [0.717, 1.165) is 21.6 Å². The predicted molar refractivity (Wildman–Crippen MR) is 140 cm³/mol. The van der Waals surface area contributed by atoms with E-state index in [1.165, 1.54) is 11.8 Å². The van der Waals surface area contributed by atoms with Crippen LogP contribution in [-0.4, -0.2) is 84.4 Å². The molecule has 2 fully saturated rings. The molecule has 3 aliphatic heterocycles. The van der Waals surface area contributed by atoms with E-state index in [2.05, 4.69) is 25.5 Å². The van der Waals surface area contributed by atoms with Gasteiger partial charge < -0.3 is 30.1 Å². The van der Waals surface area contributed by atoms with Crippen LogP contribution in [0.15, 0.2) is 47.5 Å². The van der Waals surface area contributed by atoms with Gasteiger partial charge in [0.2, 0.25) is 11.8 Å². The molecule has 0 saturated carbocycles. The van der Waals surface area contributed by atoms with Crippen molar-refractivity contribution in [3.8, 4) is 5.88 Å². The van der Waals surface area contributed by atoms with Crippen LogP contribution in [0.25, 0.3) is 11.0 Å². The zero-order valence-electron chi connectivity index (χ0n) is 20.1. The lowest BCUT2D eigenvalue weighted by Gasteiger charge is -2.21. The molecule has 12 heteroatoms. The van der Waals surface area contributed by atoms with Gasteiger partial charge in [-0.15, -0.1) is 11.8 Å². The number of benzene rings is 1. The second-order valence-electron chi connectivity index (χ2n) is 9.17. The van der Waals surface area contributed by atoms with Crippen molar-refractivity contribution in [3.05, 3.63) is 42.6 Å². The van der Waals surface area contributed by atoms with Gasteiger partial charge in [-0.3, -0.25) is 14.7 Å². The maximum absolute atomic E-state index is 12.6. The van der Waals surface area contributed by atoms with E-state index in [4.69, 9.17) is 9.47 Å². The SMILES string of the molecule is COc1ccc2nccc(N3C[C@H](NCC4CN(c5ccc6c(c5)NC(=O)CS6)C(=O)O4)[C@@H](O)C3)c2n1. The molecule has 11 nitrogen and oxygen atoms in total. The Kier molecular flexibility index (Phi) is 6.22. The van der Waals surface area contributed by atoms with Gasteiger partial charge in [0.25, 0.3) is 0 Å². The molecule has 6 rings (SSSR count). The molecule has 3 atom stereocenters. The number of nitrogens with zero attached hydrogens (tertiary/aromatic N) is 4. The number of anilines is 3. The summed E-state index contributed by atoms with van der Waals surface area (Å²) in [6.07, 6.45) is 0.319. The molecule has 5 heterocycles. The third-order valence-corrected chi connectivity index (χ3v) is 7.84. The Morgan fingerprint density at radius 2 is 2.11 bits per heavy atom. The monoisotopic (exact) mass is 522 g/mol. The fourth-order valence-corrected chi connectivity index (χ4v) is 5.70. The maximum Gasteiger partial charge on any atom is 0.414 e. The van der Waals surface area contributed by atoms with Crippen LogP contribution in [0.4, 0.5) is 21.9 Å². The van der Waals surface area contributed by atoms with Gasteiger partial charge in [-0.1, -0.05) is 0 Å². The summed E-state index contributed by atoms with van der Waals surface area (Å²) in [7, 11) is 1.57. The number of methoxy groups -OCH3 is 1. The highest BCUT2D eigenvalue weighted by molar-refractivity contribution is 8.00. The van der Waals surface area contributed by atoms with E-state index >= 15 is 0 Å². The third kappa shape index (κ3) is 4.63. The van der Waals surface area contributed by atoms with Crippen molar-refractivity contribution in [2.24, 2.45) is 0 Å². The van der Waals surface area contributed by atoms with Gasteiger partial charge >= 0.3 is 6.09 Å². The first-order chi connectivity index (χ1) is 18.0. The minimum Gasteiger partial charge on any atom is -0.481 e. The number of hydrogen-bond donors (Lipinski definition) is 3. The molecule has 0 radical (unpaired) electrons. The van der Waals surface area contributed by atoms with Crippen LogP contribution < -0.4 is 25.2 Å². The molecule has 0 spiro atoms. The number of nitrogens with one attached hydrogen (secondary N) is 2. The molecular weight excluding hydrogens is 496 g/mol. The molecule has 3 N–H and O–H groups in total. The molecule has 2 amide bonds. The van der Waals surface area contributed by atoms with Crippen molar-refractivity contribution in [3.63, 3.8) is 0 Å². The van der Waals surface area contributed by atoms with Crippen LogP contribution in [0.2, 0.25) is 0 Å². The number of aromatic nitrogens is 2. The molecule has 192 valence electrons. The number of cyclic esters (lactones) is 1. The number of thioether (sulfide) groups is 1. The normalized spacial score (nSPS) is 23.2. The number of ether oxygens (including phenoxy) is 2. The number of β-amino-alcohol motifs (C(OH)–C–C–N with tert-alkyl or cyclic N) is 1. The van der Waals surface area contributed by atoms with Crippen molar-refractivity contribution in [1.82, 2.24) is 15.3 Å². The van der Waals surface area contributed by atoms with E-state index in [0.29, 0.717) is 49.2 Å². The number of carbonyl (C=O) groups excluding carboxylic acids is 2. The highest BCUT2D eigenvalue weighted by atomic mass is 32.2. The predicted octanol–water partition coefficient (Wildman–Crippen LogP) is 1.85. The maximum atomic E-state index is 12.6. The van der Waals surface area contributed by atoms with E-state index < -0.39 is 12.2 Å². The van der Waals surface area contributed by atoms with Crippen LogP contribution in [-0.2, 0) is 9.53 Å². The minimum absolute atomic E-state index is 0.0560. The fraction of sp³-hybridized carbons (Fsp3) is 0.360. The number of fused-ring (bicyclic) bond motifs is 2. The number of aliphatic hydroxyl groups is 1. The van der Waals surface area contributed by atoms with Crippen molar-refractivity contribution >= 4 is 51.9 Å². The smallest absolute Gasteiger partial charge is 0.414 e. The van der Waals surface area contributed by atoms with E-state index in [9.17, 15) is 14.7 Å². The first kappa shape index (κ1) is 23.8. The summed E-state index contributed by atoms with van der Waals surface area (Å²) >= 11 is 1.47. The topological polar surface area (TPSA) is 129 Å². The summed E-state index contributed by atoms with van der Waals surface area (Å²) in [5.41, 5.74) is 3.73. The summed E-state index contributed by atoms with van der Waals surface area (Å²) in [6, 6.07) is 10.9. The van der Waals surface area contributed by atoms with Crippen molar-refractivity contribution < 1.29 is 24.2 Å². The van der Waals surface area contributed by atoms with Gasteiger partial charge in [-0.25, -0.2) is 9.78 Å². The van der Waals surface area contributed by atoms with E-state index in [1.807, 2.05) is 24.3 Å². The lowest BCUT2D eigenvalue weighted by Crippen LogP contribution is -2.43. The molecule has 1 aromatic carbocycles. The van der Waals surface area contributed by atoms with Gasteiger partial charge in [-0.05, 0) is 30.3 Å². The Balaban J connectivity index is 1.10. The second kappa shape index (κ2) is 9.69. The summed E-state index contributed by atoms with van der Waals surface area (Å²) in [6.45, 7) is 1.77. The third-order valence-electron chi connectivity index (χ3n) is 6.77. The Hall–Kier alpha value is -3.61. The first-order valence-electron chi connectivity index (χ1n) is 12.0. The largest absolute Gasteiger partial charge is 0.481 e. The number of carbonyl (C=O) groups is 2. The molecule has 0 bridgehead atoms. The summed E-state index contributed by atoms with van der Waals surface area (Å²) in [5.74, 6) is 0.835. The zero-order valence-corrected chi connectivity index (χ0v) is 20.9. The van der Waals surface area contributed by atoms with Crippen molar-refractivity contribution in [2.75, 3.05) is 54.2 Å². The molecule has 2 aromatic heterocycles. The van der Waals surface area contributed by atoms with Gasteiger partial charge in [0.1, 0.15) is 11.6 Å². The number of amides is 2. The number of aliphatic hydroxyl groups excluding tert-OH is 1. The van der Waals surface area contributed by atoms with Gasteiger partial charge in [0.05, 0.1) is 48.4 Å². The highest BCUT2D eigenvalue weighted by Crippen LogP contribution is 2.35. The Labute approximate surface area is 217 Å². The van der Waals surface area contributed by atoms with Crippen LogP contribution in [0.5, 0.6) is 5.88 Å². The average molecular weight is 523 g/mol. The van der Waals surface area contributed by atoms with E-state index in [-0.39, 0.29) is 18.1 Å². The zero-order chi connectivity index (χ0) is 25.5.